The van der Waals surface area contributed by atoms with Crippen LogP contribution in [-0.4, -0.2) is 5.91 Å². The highest BCUT2D eigenvalue weighted by atomic mass is 16.2. The first-order valence-corrected chi connectivity index (χ1v) is 5.81. The summed E-state index contributed by atoms with van der Waals surface area (Å²) in [6, 6.07) is 14.7. The van der Waals surface area contributed by atoms with Gasteiger partial charge in [0.25, 0.3) is 5.91 Å². The maximum absolute atomic E-state index is 12.1. The van der Waals surface area contributed by atoms with E-state index in [-0.39, 0.29) is 5.91 Å². The number of anilines is 1. The van der Waals surface area contributed by atoms with E-state index in [0.29, 0.717) is 11.3 Å². The van der Waals surface area contributed by atoms with Crippen LogP contribution in [0.2, 0.25) is 0 Å². The summed E-state index contributed by atoms with van der Waals surface area (Å²) in [6.45, 7) is 4.03. The Kier molecular flexibility index (Phi) is 3.44. The summed E-state index contributed by atoms with van der Waals surface area (Å²) in [4.78, 5) is 12.1. The number of nitrogens with two attached hydrogens (primary N) is 1. The molecule has 0 heterocycles. The van der Waals surface area contributed by atoms with Gasteiger partial charge in [0.2, 0.25) is 0 Å². The maximum Gasteiger partial charge on any atom is 0.272 e. The maximum atomic E-state index is 12.1. The standard InChI is InChI=1S/C15H16N2O/c1-11-8-9-14(10-12(11)2)17(16)15(18)13-6-4-3-5-7-13/h3-10H,16H2,1-2H3. The second kappa shape index (κ2) is 5.02. The number of carbonyl (C=O) groups is 1. The van der Waals surface area contributed by atoms with Gasteiger partial charge in [-0.05, 0) is 49.2 Å². The first-order valence-electron chi connectivity index (χ1n) is 5.81. The molecule has 1 amide bonds. The van der Waals surface area contributed by atoms with Crippen molar-refractivity contribution in [2.24, 2.45) is 5.84 Å². The highest BCUT2D eigenvalue weighted by Gasteiger charge is 2.13. The summed E-state index contributed by atoms with van der Waals surface area (Å²) in [5.41, 5.74) is 3.58. The number of aryl methyl sites for hydroxylation is 2. The molecule has 2 N–H and O–H groups in total. The van der Waals surface area contributed by atoms with Crippen molar-refractivity contribution in [3.8, 4) is 0 Å². The molecular formula is C15H16N2O. The van der Waals surface area contributed by atoms with Crippen molar-refractivity contribution >= 4 is 11.6 Å². The fourth-order valence-electron chi connectivity index (χ4n) is 1.71. The summed E-state index contributed by atoms with van der Waals surface area (Å²) in [6.07, 6.45) is 0. The Labute approximate surface area is 107 Å². The van der Waals surface area contributed by atoms with Crippen molar-refractivity contribution in [2.75, 3.05) is 5.01 Å². The molecule has 0 radical (unpaired) electrons. The fourth-order valence-corrected chi connectivity index (χ4v) is 1.71. The number of nitrogens with zero attached hydrogens (tertiary/aromatic N) is 1. The van der Waals surface area contributed by atoms with Crippen LogP contribution in [0, 0.1) is 13.8 Å². The van der Waals surface area contributed by atoms with Crippen molar-refractivity contribution in [2.45, 2.75) is 13.8 Å². The molecule has 0 aliphatic heterocycles. The zero-order valence-electron chi connectivity index (χ0n) is 10.6. The third-order valence-corrected chi connectivity index (χ3v) is 3.01. The third kappa shape index (κ3) is 2.41. The predicted octanol–water partition coefficient (Wildman–Crippen LogP) is 2.82. The van der Waals surface area contributed by atoms with Gasteiger partial charge in [0.15, 0.2) is 0 Å². The highest BCUT2D eigenvalue weighted by Crippen LogP contribution is 2.18. The van der Waals surface area contributed by atoms with Gasteiger partial charge in [-0.1, -0.05) is 24.3 Å². The van der Waals surface area contributed by atoms with Crippen LogP contribution in [0.25, 0.3) is 0 Å². The van der Waals surface area contributed by atoms with Crippen molar-refractivity contribution < 1.29 is 4.79 Å². The minimum Gasteiger partial charge on any atom is -0.267 e. The zero-order valence-corrected chi connectivity index (χ0v) is 10.6. The van der Waals surface area contributed by atoms with E-state index >= 15 is 0 Å². The van der Waals surface area contributed by atoms with E-state index in [4.69, 9.17) is 5.84 Å². The Balaban J connectivity index is 2.28. The lowest BCUT2D eigenvalue weighted by molar-refractivity contribution is 0.0987. The molecule has 18 heavy (non-hydrogen) atoms. The van der Waals surface area contributed by atoms with Gasteiger partial charge in [-0.2, -0.15) is 0 Å². The number of hydrogen-bond acceptors (Lipinski definition) is 2. The minimum absolute atomic E-state index is 0.209. The van der Waals surface area contributed by atoms with Crippen LogP contribution < -0.4 is 10.9 Å². The van der Waals surface area contributed by atoms with Crippen LogP contribution in [-0.2, 0) is 0 Å². The quantitative estimate of drug-likeness (QED) is 0.498. The van der Waals surface area contributed by atoms with Crippen LogP contribution >= 0.6 is 0 Å². The number of benzene rings is 2. The summed E-state index contributed by atoms with van der Waals surface area (Å²) in [5, 5.41) is 1.18. The normalized spacial score (nSPS) is 10.2. The number of carbonyl (C=O) groups excluding carboxylic acids is 1. The second-order valence-corrected chi connectivity index (χ2v) is 4.31. The third-order valence-electron chi connectivity index (χ3n) is 3.01. The van der Waals surface area contributed by atoms with Crippen LogP contribution in [0.15, 0.2) is 48.5 Å². The molecule has 0 atom stereocenters. The molecule has 0 fully saturated rings. The van der Waals surface area contributed by atoms with Crippen molar-refractivity contribution in [3.63, 3.8) is 0 Å². The van der Waals surface area contributed by atoms with Gasteiger partial charge in [0.05, 0.1) is 5.69 Å². The number of hydrogen-bond donors (Lipinski definition) is 1. The number of amides is 1. The average molecular weight is 240 g/mol. The van der Waals surface area contributed by atoms with Gasteiger partial charge in [-0.15, -0.1) is 0 Å². The molecule has 2 aromatic rings. The SMILES string of the molecule is Cc1ccc(N(N)C(=O)c2ccccc2)cc1C. The van der Waals surface area contributed by atoms with Crippen LogP contribution in [0.3, 0.4) is 0 Å². The Morgan fingerprint density at radius 2 is 1.67 bits per heavy atom. The molecule has 0 saturated carbocycles. The molecule has 0 aromatic heterocycles. The Bertz CT molecular complexity index is 564. The molecule has 2 aromatic carbocycles. The Hall–Kier alpha value is -2.13. The molecule has 0 bridgehead atoms. The van der Waals surface area contributed by atoms with E-state index in [9.17, 15) is 4.79 Å². The molecule has 2 rings (SSSR count). The van der Waals surface area contributed by atoms with Crippen molar-refractivity contribution in [3.05, 3.63) is 65.2 Å². The molecular weight excluding hydrogens is 224 g/mol. The number of hydrazine groups is 1. The van der Waals surface area contributed by atoms with Crippen molar-refractivity contribution in [1.29, 1.82) is 0 Å². The van der Waals surface area contributed by atoms with Crippen LogP contribution in [0.4, 0.5) is 5.69 Å². The highest BCUT2D eigenvalue weighted by molar-refractivity contribution is 6.05. The summed E-state index contributed by atoms with van der Waals surface area (Å²) >= 11 is 0. The van der Waals surface area contributed by atoms with E-state index in [1.165, 1.54) is 10.6 Å². The summed E-state index contributed by atoms with van der Waals surface area (Å²) in [5.74, 6) is 5.66. The van der Waals surface area contributed by atoms with Crippen LogP contribution in [0.5, 0.6) is 0 Å². The van der Waals surface area contributed by atoms with E-state index in [0.717, 1.165) is 5.56 Å². The first kappa shape index (κ1) is 12.3. The smallest absolute Gasteiger partial charge is 0.267 e. The first-order chi connectivity index (χ1) is 8.59. The molecule has 3 nitrogen and oxygen atoms in total. The lowest BCUT2D eigenvalue weighted by Gasteiger charge is -2.17. The van der Waals surface area contributed by atoms with Crippen molar-refractivity contribution in [1.82, 2.24) is 0 Å². The predicted molar refractivity (Wildman–Crippen MR) is 73.4 cm³/mol. The Morgan fingerprint density at radius 1 is 1.00 bits per heavy atom. The van der Waals surface area contributed by atoms with Crippen LogP contribution in [0.1, 0.15) is 21.5 Å². The molecule has 0 aliphatic carbocycles. The molecule has 0 spiro atoms. The summed E-state index contributed by atoms with van der Waals surface area (Å²) < 4.78 is 0. The van der Waals surface area contributed by atoms with Gasteiger partial charge in [0, 0.05) is 5.56 Å². The van der Waals surface area contributed by atoms with E-state index in [1.54, 1.807) is 12.1 Å². The fraction of sp³-hybridized carbons (Fsp3) is 0.133. The van der Waals surface area contributed by atoms with E-state index in [2.05, 4.69) is 0 Å². The monoisotopic (exact) mass is 240 g/mol. The van der Waals surface area contributed by atoms with Gasteiger partial charge in [0.1, 0.15) is 0 Å². The van der Waals surface area contributed by atoms with Gasteiger partial charge in [-0.3, -0.25) is 4.79 Å². The molecule has 0 unspecified atom stereocenters. The second-order valence-electron chi connectivity index (χ2n) is 4.31. The zero-order chi connectivity index (χ0) is 13.1. The average Bonchev–Trinajstić information content (AvgIpc) is 2.41. The Morgan fingerprint density at radius 3 is 2.28 bits per heavy atom. The molecule has 0 aliphatic rings. The summed E-state index contributed by atoms with van der Waals surface area (Å²) in [7, 11) is 0. The topological polar surface area (TPSA) is 46.3 Å². The minimum atomic E-state index is -0.209. The molecule has 3 heteroatoms. The lowest BCUT2D eigenvalue weighted by Crippen LogP contribution is -2.37. The van der Waals surface area contributed by atoms with Gasteiger partial charge >= 0.3 is 0 Å². The van der Waals surface area contributed by atoms with Gasteiger partial charge in [-0.25, -0.2) is 10.9 Å². The van der Waals surface area contributed by atoms with E-state index < -0.39 is 0 Å². The van der Waals surface area contributed by atoms with E-state index in [1.807, 2.05) is 50.2 Å². The van der Waals surface area contributed by atoms with Gasteiger partial charge < -0.3 is 0 Å². The largest absolute Gasteiger partial charge is 0.272 e. The molecule has 0 saturated heterocycles. The molecule has 92 valence electrons. The lowest BCUT2D eigenvalue weighted by atomic mass is 10.1. The number of rotatable bonds is 2.